The first-order chi connectivity index (χ1) is 14.0. The van der Waals surface area contributed by atoms with Crippen LogP contribution in [0.25, 0.3) is 11.5 Å². The Balaban J connectivity index is 1.63. The summed E-state index contributed by atoms with van der Waals surface area (Å²) >= 11 is 1.22. The molecule has 1 aliphatic rings. The lowest BCUT2D eigenvalue weighted by Crippen LogP contribution is -2.36. The van der Waals surface area contributed by atoms with Gasteiger partial charge in [0.1, 0.15) is 0 Å². The Morgan fingerprint density at radius 1 is 1.10 bits per heavy atom. The number of sulfonamides is 1. The maximum Gasteiger partial charge on any atom is 0.277 e. The lowest BCUT2D eigenvalue weighted by Gasteiger charge is -2.26. The van der Waals surface area contributed by atoms with E-state index in [1.165, 1.54) is 22.5 Å². The molecule has 10 heteroatoms. The molecule has 3 rings (SSSR count). The predicted octanol–water partition coefficient (Wildman–Crippen LogP) is 2.87. The lowest BCUT2D eigenvalue weighted by atomic mass is 10.1. The van der Waals surface area contributed by atoms with Crippen LogP contribution < -0.4 is 0 Å². The van der Waals surface area contributed by atoms with E-state index in [1.54, 1.807) is 24.3 Å². The summed E-state index contributed by atoms with van der Waals surface area (Å²) < 4.78 is 32.2. The summed E-state index contributed by atoms with van der Waals surface area (Å²) in [5, 5.41) is 8.32. The fourth-order valence-corrected chi connectivity index (χ4v) is 5.35. The van der Waals surface area contributed by atoms with Gasteiger partial charge in [-0.2, -0.15) is 4.31 Å². The minimum atomic E-state index is -3.50. The molecule has 2 heterocycles. The largest absolute Gasteiger partial charge is 0.411 e. The molecule has 0 aliphatic carbocycles. The summed E-state index contributed by atoms with van der Waals surface area (Å²) in [5.74, 6) is 0.646. The SMILES string of the molecule is CCN(CC)S(=O)(=O)c1ccc(-c2nnc(SCC(=O)N3CCCCC3)o2)cc1. The summed E-state index contributed by atoms with van der Waals surface area (Å²) in [6.07, 6.45) is 3.29. The quantitative estimate of drug-likeness (QED) is 0.585. The van der Waals surface area contributed by atoms with Gasteiger partial charge in [0.25, 0.3) is 5.22 Å². The molecule has 0 N–H and O–H groups in total. The van der Waals surface area contributed by atoms with E-state index in [9.17, 15) is 13.2 Å². The van der Waals surface area contributed by atoms with E-state index >= 15 is 0 Å². The van der Waals surface area contributed by atoms with E-state index in [0.717, 1.165) is 25.9 Å². The van der Waals surface area contributed by atoms with Crippen LogP contribution in [0, 0.1) is 0 Å². The zero-order valence-corrected chi connectivity index (χ0v) is 18.3. The number of likely N-dealkylation sites (tertiary alicyclic amines) is 1. The molecular formula is C19H26N4O4S2. The van der Waals surface area contributed by atoms with Gasteiger partial charge in [0.2, 0.25) is 21.8 Å². The second kappa shape index (κ2) is 9.73. The number of thioether (sulfide) groups is 1. The maximum absolute atomic E-state index is 12.6. The number of aromatic nitrogens is 2. The zero-order valence-electron chi connectivity index (χ0n) is 16.7. The van der Waals surface area contributed by atoms with Crippen LogP contribution in [0.5, 0.6) is 0 Å². The average Bonchev–Trinajstić information content (AvgIpc) is 3.22. The molecule has 0 atom stereocenters. The fourth-order valence-electron chi connectivity index (χ4n) is 3.22. The van der Waals surface area contributed by atoms with Crippen molar-refractivity contribution in [2.75, 3.05) is 31.9 Å². The van der Waals surface area contributed by atoms with Gasteiger partial charge in [-0.15, -0.1) is 10.2 Å². The first kappa shape index (κ1) is 21.8. The van der Waals surface area contributed by atoms with Crippen molar-refractivity contribution in [2.45, 2.75) is 43.2 Å². The van der Waals surface area contributed by atoms with Crippen LogP contribution in [0.3, 0.4) is 0 Å². The van der Waals surface area contributed by atoms with Gasteiger partial charge in [-0.1, -0.05) is 25.6 Å². The van der Waals surface area contributed by atoms with Crippen LogP contribution in [0.2, 0.25) is 0 Å². The highest BCUT2D eigenvalue weighted by molar-refractivity contribution is 7.99. The number of carbonyl (C=O) groups is 1. The molecular weight excluding hydrogens is 412 g/mol. The molecule has 2 aromatic rings. The molecule has 0 saturated carbocycles. The van der Waals surface area contributed by atoms with E-state index in [4.69, 9.17) is 4.42 Å². The number of hydrogen-bond donors (Lipinski definition) is 0. The molecule has 158 valence electrons. The second-order valence-electron chi connectivity index (χ2n) is 6.72. The van der Waals surface area contributed by atoms with Crippen LogP contribution in [0.1, 0.15) is 33.1 Å². The number of carbonyl (C=O) groups excluding carboxylic acids is 1. The Labute approximate surface area is 175 Å². The minimum absolute atomic E-state index is 0.0837. The Bertz CT molecular complexity index is 918. The van der Waals surface area contributed by atoms with Crippen LogP contribution in [-0.4, -0.2) is 65.7 Å². The van der Waals surface area contributed by atoms with Gasteiger partial charge in [0, 0.05) is 31.7 Å². The predicted molar refractivity (Wildman–Crippen MR) is 111 cm³/mol. The van der Waals surface area contributed by atoms with E-state index < -0.39 is 10.0 Å². The molecule has 1 saturated heterocycles. The Kier molecular flexibility index (Phi) is 7.31. The molecule has 29 heavy (non-hydrogen) atoms. The topological polar surface area (TPSA) is 96.6 Å². The smallest absolute Gasteiger partial charge is 0.277 e. The summed E-state index contributed by atoms with van der Waals surface area (Å²) in [7, 11) is -3.50. The van der Waals surface area contributed by atoms with Gasteiger partial charge >= 0.3 is 0 Å². The molecule has 0 unspecified atom stereocenters. The minimum Gasteiger partial charge on any atom is -0.411 e. The number of rotatable bonds is 8. The molecule has 1 amide bonds. The van der Waals surface area contributed by atoms with Crippen molar-refractivity contribution < 1.29 is 17.6 Å². The normalized spacial score (nSPS) is 15.1. The summed E-state index contributed by atoms with van der Waals surface area (Å²) in [5.41, 5.74) is 0.630. The Morgan fingerprint density at radius 2 is 1.76 bits per heavy atom. The summed E-state index contributed by atoms with van der Waals surface area (Å²) in [4.78, 5) is 14.3. The summed E-state index contributed by atoms with van der Waals surface area (Å²) in [6.45, 7) is 6.09. The van der Waals surface area contributed by atoms with Crippen LogP contribution >= 0.6 is 11.8 Å². The third kappa shape index (κ3) is 5.18. The zero-order chi connectivity index (χ0) is 20.9. The van der Waals surface area contributed by atoms with Gasteiger partial charge in [-0.25, -0.2) is 8.42 Å². The van der Waals surface area contributed by atoms with Crippen molar-refractivity contribution in [3.05, 3.63) is 24.3 Å². The van der Waals surface area contributed by atoms with E-state index in [1.807, 2.05) is 18.7 Å². The monoisotopic (exact) mass is 438 g/mol. The molecule has 8 nitrogen and oxygen atoms in total. The van der Waals surface area contributed by atoms with E-state index in [0.29, 0.717) is 29.8 Å². The van der Waals surface area contributed by atoms with Crippen molar-refractivity contribution >= 4 is 27.7 Å². The van der Waals surface area contributed by atoms with Crippen molar-refractivity contribution in [1.82, 2.24) is 19.4 Å². The third-order valence-corrected chi connectivity index (χ3v) is 7.75. The van der Waals surface area contributed by atoms with E-state index in [-0.39, 0.29) is 16.6 Å². The highest BCUT2D eigenvalue weighted by Gasteiger charge is 2.22. The Morgan fingerprint density at radius 3 is 2.38 bits per heavy atom. The number of hydrogen-bond acceptors (Lipinski definition) is 7. The maximum atomic E-state index is 12.6. The third-order valence-electron chi connectivity index (χ3n) is 4.88. The molecule has 0 spiro atoms. The van der Waals surface area contributed by atoms with Gasteiger partial charge in [-0.05, 0) is 43.5 Å². The standard InChI is InChI=1S/C19H26N4O4S2/c1-3-23(4-2)29(25,26)16-10-8-15(9-11-16)18-20-21-19(27-18)28-14-17(24)22-12-6-5-7-13-22/h8-11H,3-7,12-14H2,1-2H3. The van der Waals surface area contributed by atoms with Crippen molar-refractivity contribution in [2.24, 2.45) is 0 Å². The van der Waals surface area contributed by atoms with Crippen molar-refractivity contribution in [3.8, 4) is 11.5 Å². The highest BCUT2D eigenvalue weighted by atomic mass is 32.2. The second-order valence-corrected chi connectivity index (χ2v) is 9.58. The van der Waals surface area contributed by atoms with Gasteiger partial charge < -0.3 is 9.32 Å². The van der Waals surface area contributed by atoms with Crippen LogP contribution in [0.15, 0.2) is 38.8 Å². The molecule has 1 fully saturated rings. The molecule has 0 bridgehead atoms. The number of amides is 1. The van der Waals surface area contributed by atoms with E-state index in [2.05, 4.69) is 10.2 Å². The summed E-state index contributed by atoms with van der Waals surface area (Å²) in [6, 6.07) is 6.38. The lowest BCUT2D eigenvalue weighted by molar-refractivity contribution is -0.129. The van der Waals surface area contributed by atoms with Crippen LogP contribution in [0.4, 0.5) is 0 Å². The fraction of sp³-hybridized carbons (Fsp3) is 0.526. The number of piperidine rings is 1. The first-order valence-electron chi connectivity index (χ1n) is 9.80. The van der Waals surface area contributed by atoms with Gasteiger partial charge in [0.15, 0.2) is 0 Å². The van der Waals surface area contributed by atoms with Crippen molar-refractivity contribution in [1.29, 1.82) is 0 Å². The molecule has 1 aromatic carbocycles. The van der Waals surface area contributed by atoms with Crippen molar-refractivity contribution in [3.63, 3.8) is 0 Å². The number of nitrogens with zero attached hydrogens (tertiary/aromatic N) is 4. The van der Waals surface area contributed by atoms with Gasteiger partial charge in [0.05, 0.1) is 10.6 Å². The molecule has 0 radical (unpaired) electrons. The Hall–Kier alpha value is -1.91. The van der Waals surface area contributed by atoms with Crippen LogP contribution in [-0.2, 0) is 14.8 Å². The van der Waals surface area contributed by atoms with Gasteiger partial charge in [-0.3, -0.25) is 4.79 Å². The molecule has 1 aliphatic heterocycles. The number of benzene rings is 1. The average molecular weight is 439 g/mol. The highest BCUT2D eigenvalue weighted by Crippen LogP contribution is 2.25. The molecule has 1 aromatic heterocycles. The first-order valence-corrected chi connectivity index (χ1v) is 12.2.